The molecule has 1 unspecified atom stereocenters. The Morgan fingerprint density at radius 3 is 2.50 bits per heavy atom. The van der Waals surface area contributed by atoms with E-state index in [9.17, 15) is 18.0 Å². The first-order valence-electron chi connectivity index (χ1n) is 5.39. The summed E-state index contributed by atoms with van der Waals surface area (Å²) in [5.74, 6) is -0.246. The molecule has 1 rings (SSSR count). The number of carbonyl (C=O) groups excluding carboxylic acids is 1. The molecule has 1 fully saturated rings. The number of aliphatic hydroxyl groups is 1. The highest BCUT2D eigenvalue weighted by atomic mass is 19.4. The first-order chi connectivity index (χ1) is 7.42. The fourth-order valence-electron chi connectivity index (χ4n) is 1.60. The molecule has 3 nitrogen and oxygen atoms in total. The molecule has 0 radical (unpaired) electrons. The quantitative estimate of drug-likeness (QED) is 0.739. The molecular weight excluding hydrogens is 223 g/mol. The van der Waals surface area contributed by atoms with Gasteiger partial charge in [0.05, 0.1) is 6.42 Å². The normalized spacial score (nSPS) is 18.2. The van der Waals surface area contributed by atoms with Crippen molar-refractivity contribution in [3.63, 3.8) is 0 Å². The Labute approximate surface area is 92.0 Å². The second-order valence-electron chi connectivity index (χ2n) is 4.14. The SMILES string of the molecule is O=C(CCC(F)(F)F)NC(CCO)C1CC1. The summed E-state index contributed by atoms with van der Waals surface area (Å²) in [6.45, 7) is -0.0548. The Hall–Kier alpha value is -0.780. The van der Waals surface area contributed by atoms with E-state index >= 15 is 0 Å². The number of hydrogen-bond acceptors (Lipinski definition) is 2. The number of rotatable bonds is 6. The molecule has 0 spiro atoms. The van der Waals surface area contributed by atoms with Gasteiger partial charge in [-0.25, -0.2) is 0 Å². The van der Waals surface area contributed by atoms with Crippen LogP contribution in [-0.4, -0.2) is 29.8 Å². The zero-order chi connectivity index (χ0) is 12.2. The zero-order valence-corrected chi connectivity index (χ0v) is 8.89. The zero-order valence-electron chi connectivity index (χ0n) is 8.89. The van der Waals surface area contributed by atoms with E-state index in [1.165, 1.54) is 0 Å². The van der Waals surface area contributed by atoms with E-state index in [0.29, 0.717) is 12.3 Å². The summed E-state index contributed by atoms with van der Waals surface area (Å²) in [7, 11) is 0. The lowest BCUT2D eigenvalue weighted by Gasteiger charge is -2.17. The maximum absolute atomic E-state index is 11.9. The lowest BCUT2D eigenvalue weighted by Crippen LogP contribution is -2.37. The van der Waals surface area contributed by atoms with Crippen LogP contribution in [0.25, 0.3) is 0 Å². The van der Waals surface area contributed by atoms with Crippen LogP contribution in [0, 0.1) is 5.92 Å². The van der Waals surface area contributed by atoms with E-state index in [2.05, 4.69) is 5.32 Å². The second-order valence-corrected chi connectivity index (χ2v) is 4.14. The Morgan fingerprint density at radius 1 is 1.44 bits per heavy atom. The first-order valence-corrected chi connectivity index (χ1v) is 5.39. The number of halogens is 3. The molecule has 94 valence electrons. The summed E-state index contributed by atoms with van der Waals surface area (Å²) in [5, 5.41) is 11.3. The molecule has 6 heteroatoms. The summed E-state index contributed by atoms with van der Waals surface area (Å²) in [5.41, 5.74) is 0. The van der Waals surface area contributed by atoms with Gasteiger partial charge >= 0.3 is 6.18 Å². The molecule has 0 saturated heterocycles. The number of nitrogens with one attached hydrogen (secondary N) is 1. The van der Waals surface area contributed by atoms with Gasteiger partial charge in [0.2, 0.25) is 5.91 Å². The molecule has 0 aromatic rings. The van der Waals surface area contributed by atoms with E-state index < -0.39 is 24.9 Å². The third-order valence-corrected chi connectivity index (χ3v) is 2.61. The Balaban J connectivity index is 2.25. The van der Waals surface area contributed by atoms with Gasteiger partial charge in [0.1, 0.15) is 0 Å². The minimum Gasteiger partial charge on any atom is -0.396 e. The maximum atomic E-state index is 11.9. The number of hydrogen-bond donors (Lipinski definition) is 2. The monoisotopic (exact) mass is 239 g/mol. The predicted molar refractivity (Wildman–Crippen MR) is 51.6 cm³/mol. The maximum Gasteiger partial charge on any atom is 0.389 e. The average molecular weight is 239 g/mol. The summed E-state index contributed by atoms with van der Waals surface area (Å²) >= 11 is 0. The molecule has 1 aliphatic carbocycles. The second kappa shape index (κ2) is 5.52. The molecule has 0 aliphatic heterocycles. The molecule has 0 aromatic heterocycles. The molecule has 16 heavy (non-hydrogen) atoms. The topological polar surface area (TPSA) is 49.3 Å². The van der Waals surface area contributed by atoms with Crippen LogP contribution in [0.3, 0.4) is 0 Å². The largest absolute Gasteiger partial charge is 0.396 e. The molecule has 1 saturated carbocycles. The van der Waals surface area contributed by atoms with Crippen molar-refractivity contribution in [2.75, 3.05) is 6.61 Å². The summed E-state index contributed by atoms with van der Waals surface area (Å²) in [6, 6.07) is -0.161. The number of amides is 1. The molecule has 1 amide bonds. The Kier molecular flexibility index (Phi) is 4.58. The van der Waals surface area contributed by atoms with Gasteiger partial charge in [-0.15, -0.1) is 0 Å². The van der Waals surface area contributed by atoms with Crippen molar-refractivity contribution in [1.29, 1.82) is 0 Å². The smallest absolute Gasteiger partial charge is 0.389 e. The lowest BCUT2D eigenvalue weighted by molar-refractivity contribution is -0.144. The highest BCUT2D eigenvalue weighted by Crippen LogP contribution is 2.34. The summed E-state index contributed by atoms with van der Waals surface area (Å²) in [4.78, 5) is 11.2. The van der Waals surface area contributed by atoms with Crippen molar-refractivity contribution in [1.82, 2.24) is 5.32 Å². The average Bonchev–Trinajstić information content (AvgIpc) is 2.96. The van der Waals surface area contributed by atoms with E-state index in [-0.39, 0.29) is 12.6 Å². The van der Waals surface area contributed by atoms with Crippen LogP contribution in [0.1, 0.15) is 32.1 Å². The van der Waals surface area contributed by atoms with Crippen molar-refractivity contribution in [3.05, 3.63) is 0 Å². The van der Waals surface area contributed by atoms with Crippen LogP contribution >= 0.6 is 0 Å². The molecule has 2 N–H and O–H groups in total. The molecular formula is C10H16F3NO2. The van der Waals surface area contributed by atoms with Crippen LogP contribution in [-0.2, 0) is 4.79 Å². The van der Waals surface area contributed by atoms with Crippen molar-refractivity contribution in [3.8, 4) is 0 Å². The van der Waals surface area contributed by atoms with E-state index in [1.807, 2.05) is 0 Å². The van der Waals surface area contributed by atoms with Gasteiger partial charge in [0, 0.05) is 19.1 Å². The summed E-state index contributed by atoms with van der Waals surface area (Å²) in [6.07, 6.45) is -3.53. The molecule has 0 aromatic carbocycles. The third-order valence-electron chi connectivity index (χ3n) is 2.61. The fraction of sp³-hybridized carbons (Fsp3) is 0.900. The molecule has 1 atom stereocenters. The lowest BCUT2D eigenvalue weighted by atomic mass is 10.1. The third kappa shape index (κ3) is 5.34. The van der Waals surface area contributed by atoms with E-state index in [4.69, 9.17) is 5.11 Å². The van der Waals surface area contributed by atoms with Gasteiger partial charge in [-0.05, 0) is 25.2 Å². The molecule has 1 aliphatic rings. The minimum atomic E-state index is -4.29. The minimum absolute atomic E-state index is 0.0548. The van der Waals surface area contributed by atoms with E-state index in [1.54, 1.807) is 0 Å². The van der Waals surface area contributed by atoms with Crippen molar-refractivity contribution >= 4 is 5.91 Å². The van der Waals surface area contributed by atoms with E-state index in [0.717, 1.165) is 12.8 Å². The van der Waals surface area contributed by atoms with Crippen LogP contribution in [0.2, 0.25) is 0 Å². The van der Waals surface area contributed by atoms with Gasteiger partial charge in [-0.3, -0.25) is 4.79 Å². The van der Waals surface area contributed by atoms with Crippen LogP contribution in [0.5, 0.6) is 0 Å². The van der Waals surface area contributed by atoms with Crippen LogP contribution in [0.4, 0.5) is 13.2 Å². The number of alkyl halides is 3. The standard InChI is InChI=1S/C10H16F3NO2/c11-10(12,13)5-3-9(16)14-8(4-6-15)7-1-2-7/h7-8,15H,1-6H2,(H,14,16). The van der Waals surface area contributed by atoms with Crippen molar-refractivity contribution < 1.29 is 23.1 Å². The molecule has 0 bridgehead atoms. The van der Waals surface area contributed by atoms with Gasteiger partial charge in [0.25, 0.3) is 0 Å². The van der Waals surface area contributed by atoms with Gasteiger partial charge in [0.15, 0.2) is 0 Å². The van der Waals surface area contributed by atoms with Crippen molar-refractivity contribution in [2.45, 2.75) is 44.3 Å². The number of carbonyl (C=O) groups is 1. The van der Waals surface area contributed by atoms with Gasteiger partial charge in [-0.2, -0.15) is 13.2 Å². The van der Waals surface area contributed by atoms with Crippen molar-refractivity contribution in [2.24, 2.45) is 5.92 Å². The Bertz CT molecular complexity index is 239. The summed E-state index contributed by atoms with van der Waals surface area (Å²) < 4.78 is 35.6. The molecule has 0 heterocycles. The van der Waals surface area contributed by atoms with Crippen LogP contribution in [0.15, 0.2) is 0 Å². The van der Waals surface area contributed by atoms with Gasteiger partial charge in [-0.1, -0.05) is 0 Å². The number of aliphatic hydroxyl groups excluding tert-OH is 1. The Morgan fingerprint density at radius 2 is 2.06 bits per heavy atom. The highest BCUT2D eigenvalue weighted by Gasteiger charge is 2.33. The highest BCUT2D eigenvalue weighted by molar-refractivity contribution is 5.76. The first kappa shape index (κ1) is 13.3. The van der Waals surface area contributed by atoms with Gasteiger partial charge < -0.3 is 10.4 Å². The fourth-order valence-corrected chi connectivity index (χ4v) is 1.60. The van der Waals surface area contributed by atoms with Crippen LogP contribution < -0.4 is 5.32 Å². The predicted octanol–water partition coefficient (Wildman–Crippen LogP) is 1.61.